The molecule has 0 heterocycles. The summed E-state index contributed by atoms with van der Waals surface area (Å²) in [6, 6.07) is 0. The van der Waals surface area contributed by atoms with E-state index in [-0.39, 0.29) is 0 Å². The summed E-state index contributed by atoms with van der Waals surface area (Å²) in [5.74, 6) is -0.408. The molecule has 0 N–H and O–H groups in total. The number of esters is 1. The van der Waals surface area contributed by atoms with Crippen molar-refractivity contribution in [2.75, 3.05) is 7.11 Å². The molecule has 0 aliphatic heterocycles. The van der Waals surface area contributed by atoms with Gasteiger partial charge in [-0.3, -0.25) is 4.79 Å². The Kier molecular flexibility index (Phi) is 3.61. The lowest BCUT2D eigenvalue weighted by molar-refractivity contribution is -0.139. The molecule has 1 atom stereocenters. The average Bonchev–Trinajstić information content (AvgIpc) is 1.84. The van der Waals surface area contributed by atoms with Gasteiger partial charge in [-0.25, -0.2) is 0 Å². The van der Waals surface area contributed by atoms with Crippen molar-refractivity contribution in [1.29, 1.82) is 0 Å². The molecule has 0 aliphatic rings. The zero-order chi connectivity index (χ0) is 6.57. The van der Waals surface area contributed by atoms with Crippen molar-refractivity contribution in [2.24, 2.45) is 0 Å². The molecule has 0 spiro atoms. The molecule has 0 amide bonds. The van der Waals surface area contributed by atoms with Gasteiger partial charge in [-0.15, -0.1) is 11.6 Å². The van der Waals surface area contributed by atoms with E-state index in [1.807, 2.05) is 0 Å². The first-order chi connectivity index (χ1) is 3.72. The Morgan fingerprint density at radius 3 is 2.50 bits per heavy atom. The van der Waals surface area contributed by atoms with Crippen LogP contribution in [0.1, 0.15) is 6.92 Å². The van der Waals surface area contributed by atoms with Crippen LogP contribution in [0.3, 0.4) is 0 Å². The van der Waals surface area contributed by atoms with E-state index < -0.39 is 11.3 Å². The van der Waals surface area contributed by atoms with Gasteiger partial charge in [0, 0.05) is 0 Å². The Hall–Kier alpha value is -0.240. The second-order valence-corrected chi connectivity index (χ2v) is 1.73. The molecule has 1 unspecified atom stereocenters. The summed E-state index contributed by atoms with van der Waals surface area (Å²) in [7, 11) is 1.31. The minimum atomic E-state index is -0.597. The van der Waals surface area contributed by atoms with Crippen LogP contribution in [-0.2, 0) is 9.53 Å². The van der Waals surface area contributed by atoms with Gasteiger partial charge in [0.25, 0.3) is 0 Å². The van der Waals surface area contributed by atoms with Crippen molar-refractivity contribution in [3.63, 3.8) is 0 Å². The van der Waals surface area contributed by atoms with Gasteiger partial charge in [0.2, 0.25) is 0 Å². The average molecular weight is 136 g/mol. The lowest BCUT2D eigenvalue weighted by atomic mass is 10.3. The summed E-state index contributed by atoms with van der Waals surface area (Å²) in [5.41, 5.74) is 0. The fraction of sp³-hybridized carbons (Fsp3) is 0.600. The molecule has 0 bridgehead atoms. The second-order valence-electron chi connectivity index (χ2n) is 1.26. The van der Waals surface area contributed by atoms with Crippen molar-refractivity contribution in [3.8, 4) is 0 Å². The van der Waals surface area contributed by atoms with E-state index in [1.54, 1.807) is 13.3 Å². The van der Waals surface area contributed by atoms with Gasteiger partial charge in [-0.2, -0.15) is 0 Å². The second kappa shape index (κ2) is 3.72. The van der Waals surface area contributed by atoms with Crippen LogP contribution in [0.25, 0.3) is 0 Å². The van der Waals surface area contributed by atoms with Gasteiger partial charge in [0.15, 0.2) is 0 Å². The van der Waals surface area contributed by atoms with E-state index in [0.717, 1.165) is 0 Å². The van der Waals surface area contributed by atoms with Crippen LogP contribution < -0.4 is 0 Å². The van der Waals surface area contributed by atoms with Crippen molar-refractivity contribution >= 4 is 17.6 Å². The maximum Gasteiger partial charge on any atom is 0.324 e. The largest absolute Gasteiger partial charge is 0.468 e. The summed E-state index contributed by atoms with van der Waals surface area (Å²) in [4.78, 5) is 10.4. The molecule has 0 saturated carbocycles. The number of ether oxygens (including phenoxy) is 1. The SMILES string of the molecule is C[CH]C(Cl)C(=O)OC. The van der Waals surface area contributed by atoms with Crippen LogP contribution in [0.4, 0.5) is 0 Å². The monoisotopic (exact) mass is 135 g/mol. The molecular weight excluding hydrogens is 128 g/mol. The molecular formula is C5H8ClO2. The predicted octanol–water partition coefficient (Wildman–Crippen LogP) is 0.991. The highest BCUT2D eigenvalue weighted by molar-refractivity contribution is 6.30. The highest BCUT2D eigenvalue weighted by Gasteiger charge is 2.11. The van der Waals surface area contributed by atoms with Gasteiger partial charge in [-0.05, 0) is 6.42 Å². The highest BCUT2D eigenvalue weighted by atomic mass is 35.5. The minimum absolute atomic E-state index is 0.408. The molecule has 2 nitrogen and oxygen atoms in total. The van der Waals surface area contributed by atoms with E-state index >= 15 is 0 Å². The summed E-state index contributed by atoms with van der Waals surface area (Å²) < 4.78 is 4.30. The molecule has 0 fully saturated rings. The number of halogens is 1. The van der Waals surface area contributed by atoms with Crippen LogP contribution in [0.15, 0.2) is 0 Å². The molecule has 0 aromatic carbocycles. The Bertz CT molecular complexity index is 82.5. The van der Waals surface area contributed by atoms with Crippen molar-refractivity contribution < 1.29 is 9.53 Å². The normalized spacial score (nSPS) is 12.9. The van der Waals surface area contributed by atoms with Gasteiger partial charge >= 0.3 is 5.97 Å². The first-order valence-corrected chi connectivity index (χ1v) is 2.67. The van der Waals surface area contributed by atoms with Crippen LogP contribution in [0.5, 0.6) is 0 Å². The summed E-state index contributed by atoms with van der Waals surface area (Å²) >= 11 is 5.39. The standard InChI is InChI=1S/C5H8ClO2/c1-3-4(6)5(7)8-2/h3-4H,1-2H3. The Labute approximate surface area is 53.8 Å². The van der Waals surface area contributed by atoms with Crippen molar-refractivity contribution in [2.45, 2.75) is 12.3 Å². The maximum atomic E-state index is 10.4. The number of hydrogen-bond acceptors (Lipinski definition) is 2. The molecule has 0 aliphatic carbocycles. The number of methoxy groups -OCH3 is 1. The zero-order valence-electron chi connectivity index (χ0n) is 4.85. The van der Waals surface area contributed by atoms with E-state index in [9.17, 15) is 4.79 Å². The minimum Gasteiger partial charge on any atom is -0.468 e. The maximum absolute atomic E-state index is 10.4. The number of hydrogen-bond donors (Lipinski definition) is 0. The summed E-state index contributed by atoms with van der Waals surface area (Å²) in [6.45, 7) is 1.70. The molecule has 0 aromatic rings. The lowest BCUT2D eigenvalue weighted by Gasteiger charge is -2.00. The Balaban J connectivity index is 3.46. The molecule has 0 aromatic heterocycles. The smallest absolute Gasteiger partial charge is 0.324 e. The quantitative estimate of drug-likeness (QED) is 0.417. The summed E-state index contributed by atoms with van der Waals surface area (Å²) in [6.07, 6.45) is 1.56. The fourth-order valence-corrected chi connectivity index (χ4v) is 0.338. The zero-order valence-corrected chi connectivity index (χ0v) is 5.61. The number of carbonyl (C=O) groups excluding carboxylic acids is 1. The van der Waals surface area contributed by atoms with E-state index in [1.165, 1.54) is 7.11 Å². The molecule has 0 saturated heterocycles. The van der Waals surface area contributed by atoms with Crippen LogP contribution >= 0.6 is 11.6 Å². The lowest BCUT2D eigenvalue weighted by Crippen LogP contribution is -2.14. The van der Waals surface area contributed by atoms with Gasteiger partial charge in [0.05, 0.1) is 7.11 Å². The third kappa shape index (κ3) is 2.17. The molecule has 47 valence electrons. The molecule has 8 heavy (non-hydrogen) atoms. The van der Waals surface area contributed by atoms with E-state index in [0.29, 0.717) is 0 Å². The number of alkyl halides is 1. The molecule has 0 rings (SSSR count). The molecule has 1 radical (unpaired) electrons. The van der Waals surface area contributed by atoms with Gasteiger partial charge in [0.1, 0.15) is 5.38 Å². The third-order valence-electron chi connectivity index (χ3n) is 0.719. The van der Waals surface area contributed by atoms with E-state index in [2.05, 4.69) is 4.74 Å². The highest BCUT2D eigenvalue weighted by Crippen LogP contribution is 2.00. The first-order valence-electron chi connectivity index (χ1n) is 2.23. The predicted molar refractivity (Wildman–Crippen MR) is 31.6 cm³/mol. The first kappa shape index (κ1) is 7.76. The van der Waals surface area contributed by atoms with Crippen LogP contribution in [-0.4, -0.2) is 18.5 Å². The number of carbonyl (C=O) groups is 1. The summed E-state index contributed by atoms with van der Waals surface area (Å²) in [5, 5.41) is -0.597. The molecule has 3 heteroatoms. The Morgan fingerprint density at radius 2 is 2.38 bits per heavy atom. The Morgan fingerprint density at radius 1 is 1.88 bits per heavy atom. The topological polar surface area (TPSA) is 26.3 Å². The number of rotatable bonds is 2. The van der Waals surface area contributed by atoms with Crippen LogP contribution in [0.2, 0.25) is 0 Å². The van der Waals surface area contributed by atoms with Crippen molar-refractivity contribution in [1.82, 2.24) is 0 Å². The fourth-order valence-electron chi connectivity index (χ4n) is 0.249. The van der Waals surface area contributed by atoms with Gasteiger partial charge < -0.3 is 4.74 Å². The van der Waals surface area contributed by atoms with Crippen LogP contribution in [0, 0.1) is 6.42 Å². The van der Waals surface area contributed by atoms with Crippen molar-refractivity contribution in [3.05, 3.63) is 6.42 Å². The van der Waals surface area contributed by atoms with Gasteiger partial charge in [-0.1, -0.05) is 6.92 Å². The van der Waals surface area contributed by atoms with E-state index in [4.69, 9.17) is 11.6 Å². The third-order valence-corrected chi connectivity index (χ3v) is 1.15.